The highest BCUT2D eigenvalue weighted by Crippen LogP contribution is 2.14. The van der Waals surface area contributed by atoms with Gasteiger partial charge in [0, 0.05) is 6.42 Å². The van der Waals surface area contributed by atoms with Gasteiger partial charge in [-0.05, 0) is 17.1 Å². The van der Waals surface area contributed by atoms with E-state index in [4.69, 9.17) is 5.11 Å². The summed E-state index contributed by atoms with van der Waals surface area (Å²) >= 11 is 0.916. The molecule has 2 aromatic rings. The molecule has 0 bridgehead atoms. The van der Waals surface area contributed by atoms with Gasteiger partial charge in [0.2, 0.25) is 0 Å². The third-order valence-corrected chi connectivity index (χ3v) is 2.72. The van der Waals surface area contributed by atoms with Gasteiger partial charge in [0.1, 0.15) is 0 Å². The van der Waals surface area contributed by atoms with Gasteiger partial charge in [0.05, 0.1) is 5.69 Å². The molecule has 0 aliphatic heterocycles. The first-order valence-corrected chi connectivity index (χ1v) is 5.13. The summed E-state index contributed by atoms with van der Waals surface area (Å²) in [5.74, 6) is -0.962. The number of carboxylic acid groups (broad SMARTS) is 1. The Morgan fingerprint density at radius 2 is 2.07 bits per heavy atom. The Kier molecular flexibility index (Phi) is 2.73. The van der Waals surface area contributed by atoms with Crippen molar-refractivity contribution < 1.29 is 9.90 Å². The predicted molar refractivity (Wildman–Crippen MR) is 56.1 cm³/mol. The lowest BCUT2D eigenvalue weighted by atomic mass is 10.1. The van der Waals surface area contributed by atoms with Crippen LogP contribution in [0.25, 0.3) is 0 Å². The fourth-order valence-electron chi connectivity index (χ4n) is 1.28. The largest absolute Gasteiger partial charge is 0.477 e. The van der Waals surface area contributed by atoms with E-state index in [1.54, 1.807) is 0 Å². The average molecular weight is 220 g/mol. The van der Waals surface area contributed by atoms with Crippen molar-refractivity contribution >= 4 is 17.5 Å². The summed E-state index contributed by atoms with van der Waals surface area (Å²) in [6, 6.07) is 9.61. The van der Waals surface area contributed by atoms with Crippen LogP contribution in [0.1, 0.15) is 20.9 Å². The summed E-state index contributed by atoms with van der Waals surface area (Å²) in [6.45, 7) is 0. The molecule has 0 aliphatic rings. The molecule has 76 valence electrons. The minimum Gasteiger partial charge on any atom is -0.477 e. The van der Waals surface area contributed by atoms with Crippen molar-refractivity contribution in [2.45, 2.75) is 6.42 Å². The number of aromatic carboxylic acids is 1. The number of aromatic nitrogens is 2. The Balaban J connectivity index is 2.25. The van der Waals surface area contributed by atoms with Crippen molar-refractivity contribution in [2.75, 3.05) is 0 Å². The van der Waals surface area contributed by atoms with Crippen molar-refractivity contribution in [1.29, 1.82) is 0 Å². The fraction of sp³-hybridized carbons (Fsp3) is 0.100. The van der Waals surface area contributed by atoms with Crippen LogP contribution in [-0.4, -0.2) is 20.7 Å². The summed E-state index contributed by atoms with van der Waals surface area (Å²) in [6.07, 6.45) is 0.513. The first-order chi connectivity index (χ1) is 7.27. The fourth-order valence-corrected chi connectivity index (χ4v) is 1.79. The van der Waals surface area contributed by atoms with Gasteiger partial charge in [-0.15, -0.1) is 5.10 Å². The van der Waals surface area contributed by atoms with E-state index in [1.807, 2.05) is 30.3 Å². The highest BCUT2D eigenvalue weighted by molar-refractivity contribution is 7.07. The number of carboxylic acids is 1. The molecule has 0 unspecified atom stereocenters. The van der Waals surface area contributed by atoms with Crippen LogP contribution >= 0.6 is 11.5 Å². The number of benzene rings is 1. The zero-order valence-corrected chi connectivity index (χ0v) is 8.57. The second kappa shape index (κ2) is 4.18. The molecule has 0 saturated carbocycles. The lowest BCUT2D eigenvalue weighted by molar-refractivity contribution is 0.0701. The highest BCUT2D eigenvalue weighted by atomic mass is 32.1. The summed E-state index contributed by atoms with van der Waals surface area (Å²) in [4.78, 5) is 11.0. The first-order valence-electron chi connectivity index (χ1n) is 4.36. The van der Waals surface area contributed by atoms with Crippen LogP contribution in [0.3, 0.4) is 0 Å². The maximum atomic E-state index is 10.8. The van der Waals surface area contributed by atoms with Crippen LogP contribution in [0.4, 0.5) is 0 Å². The van der Waals surface area contributed by atoms with E-state index in [9.17, 15) is 4.79 Å². The second-order valence-corrected chi connectivity index (χ2v) is 3.77. The Morgan fingerprint density at radius 1 is 1.33 bits per heavy atom. The standard InChI is InChI=1S/C10H8N2O2S/c13-10(14)9-8(11-12-15-9)6-7-4-2-1-3-5-7/h1-5H,6H2,(H,13,14). The number of hydrogen-bond acceptors (Lipinski definition) is 4. The zero-order valence-electron chi connectivity index (χ0n) is 7.75. The van der Waals surface area contributed by atoms with Gasteiger partial charge in [-0.25, -0.2) is 4.79 Å². The average Bonchev–Trinajstić information content (AvgIpc) is 2.67. The molecule has 0 atom stereocenters. The number of rotatable bonds is 3. The van der Waals surface area contributed by atoms with Crippen molar-refractivity contribution in [3.8, 4) is 0 Å². The first kappa shape index (κ1) is 9.79. The topological polar surface area (TPSA) is 63.1 Å². The summed E-state index contributed by atoms with van der Waals surface area (Å²) < 4.78 is 3.65. The van der Waals surface area contributed by atoms with Gasteiger partial charge in [0.25, 0.3) is 0 Å². The molecule has 0 aliphatic carbocycles. The van der Waals surface area contributed by atoms with Gasteiger partial charge in [-0.1, -0.05) is 34.8 Å². The quantitative estimate of drug-likeness (QED) is 0.857. The minimum atomic E-state index is -0.962. The monoisotopic (exact) mass is 220 g/mol. The molecule has 0 amide bonds. The maximum Gasteiger partial charge on any atom is 0.349 e. The van der Waals surface area contributed by atoms with Crippen LogP contribution in [0.5, 0.6) is 0 Å². The molecule has 15 heavy (non-hydrogen) atoms. The molecule has 2 rings (SSSR count). The third kappa shape index (κ3) is 2.19. The minimum absolute atomic E-state index is 0.221. The van der Waals surface area contributed by atoms with E-state index in [1.165, 1.54) is 0 Å². The van der Waals surface area contributed by atoms with E-state index >= 15 is 0 Å². The van der Waals surface area contributed by atoms with Crippen LogP contribution in [0, 0.1) is 0 Å². The van der Waals surface area contributed by atoms with Crippen molar-refractivity contribution in [2.24, 2.45) is 0 Å². The van der Waals surface area contributed by atoms with Crippen LogP contribution in [0.2, 0.25) is 0 Å². The van der Waals surface area contributed by atoms with Gasteiger partial charge in [-0.2, -0.15) is 0 Å². The third-order valence-electron chi connectivity index (χ3n) is 1.96. The summed E-state index contributed by atoms with van der Waals surface area (Å²) in [7, 11) is 0. The molecule has 0 fully saturated rings. The van der Waals surface area contributed by atoms with Gasteiger partial charge >= 0.3 is 5.97 Å². The smallest absolute Gasteiger partial charge is 0.349 e. The second-order valence-electron chi connectivity index (χ2n) is 3.02. The van der Waals surface area contributed by atoms with E-state index in [2.05, 4.69) is 9.59 Å². The predicted octanol–water partition coefficient (Wildman–Crippen LogP) is 1.83. The van der Waals surface area contributed by atoms with Crippen molar-refractivity contribution in [3.05, 3.63) is 46.5 Å². The molecule has 4 nitrogen and oxygen atoms in total. The molecule has 0 saturated heterocycles. The van der Waals surface area contributed by atoms with Gasteiger partial charge in [0.15, 0.2) is 4.88 Å². The number of hydrogen-bond donors (Lipinski definition) is 1. The highest BCUT2D eigenvalue weighted by Gasteiger charge is 2.14. The Hall–Kier alpha value is -1.75. The Bertz CT molecular complexity index is 467. The van der Waals surface area contributed by atoms with E-state index in [-0.39, 0.29) is 4.88 Å². The zero-order chi connectivity index (χ0) is 10.7. The van der Waals surface area contributed by atoms with Crippen LogP contribution in [0.15, 0.2) is 30.3 Å². The maximum absolute atomic E-state index is 10.8. The van der Waals surface area contributed by atoms with Crippen molar-refractivity contribution in [3.63, 3.8) is 0 Å². The molecule has 1 aromatic heterocycles. The Labute approximate surface area is 90.4 Å². The lowest BCUT2D eigenvalue weighted by Gasteiger charge is -1.97. The normalized spacial score (nSPS) is 10.1. The molecule has 1 N–H and O–H groups in total. The molecular formula is C10H8N2O2S. The SMILES string of the molecule is O=C(O)c1snnc1Cc1ccccc1. The molecule has 0 radical (unpaired) electrons. The van der Waals surface area contributed by atoms with E-state index in [0.29, 0.717) is 12.1 Å². The summed E-state index contributed by atoms with van der Waals surface area (Å²) in [5.41, 5.74) is 1.56. The molecular weight excluding hydrogens is 212 g/mol. The van der Waals surface area contributed by atoms with Crippen molar-refractivity contribution in [1.82, 2.24) is 9.59 Å². The van der Waals surface area contributed by atoms with E-state index in [0.717, 1.165) is 17.1 Å². The van der Waals surface area contributed by atoms with Crippen LogP contribution < -0.4 is 0 Å². The van der Waals surface area contributed by atoms with Gasteiger partial charge in [-0.3, -0.25) is 0 Å². The lowest BCUT2D eigenvalue weighted by Crippen LogP contribution is -1.99. The molecule has 5 heteroatoms. The summed E-state index contributed by atoms with van der Waals surface area (Å²) in [5, 5.41) is 12.7. The molecule has 0 spiro atoms. The van der Waals surface area contributed by atoms with E-state index < -0.39 is 5.97 Å². The number of nitrogens with zero attached hydrogens (tertiary/aromatic N) is 2. The molecule has 1 heterocycles. The number of carbonyl (C=O) groups is 1. The Morgan fingerprint density at radius 3 is 2.73 bits per heavy atom. The van der Waals surface area contributed by atoms with Crippen LogP contribution in [-0.2, 0) is 6.42 Å². The van der Waals surface area contributed by atoms with Gasteiger partial charge < -0.3 is 5.11 Å². The molecule has 1 aromatic carbocycles.